The van der Waals surface area contributed by atoms with E-state index >= 15 is 0 Å². The minimum atomic E-state index is -0.0936. The topological polar surface area (TPSA) is 45.2 Å². The summed E-state index contributed by atoms with van der Waals surface area (Å²) in [5, 5.41) is 2.96. The van der Waals surface area contributed by atoms with Gasteiger partial charge in [0.2, 0.25) is 0 Å². The molecule has 1 amide bonds. The van der Waals surface area contributed by atoms with E-state index in [0.717, 1.165) is 29.5 Å². The molecule has 5 heteroatoms. The van der Waals surface area contributed by atoms with Gasteiger partial charge in [-0.3, -0.25) is 4.79 Å². The maximum Gasteiger partial charge on any atom is 0.255 e. The highest BCUT2D eigenvalue weighted by molar-refractivity contribution is 7.98. The lowest BCUT2D eigenvalue weighted by molar-refractivity contribution is 0.102. The van der Waals surface area contributed by atoms with Crippen molar-refractivity contribution in [2.24, 2.45) is 0 Å². The monoisotopic (exact) mass is 327 g/mol. The predicted molar refractivity (Wildman–Crippen MR) is 96.5 cm³/mol. The van der Waals surface area contributed by atoms with Crippen molar-refractivity contribution in [2.45, 2.75) is 24.2 Å². The summed E-state index contributed by atoms with van der Waals surface area (Å²) >= 11 is 1.66. The fraction of sp³-hybridized carbons (Fsp3) is 0.333. The molecule has 0 bridgehead atoms. The third-order valence-corrected chi connectivity index (χ3v) is 4.74. The summed E-state index contributed by atoms with van der Waals surface area (Å²) in [6.45, 7) is 2.04. The second-order valence-electron chi connectivity index (χ2n) is 5.64. The van der Waals surface area contributed by atoms with Crippen LogP contribution >= 0.6 is 11.8 Å². The van der Waals surface area contributed by atoms with Gasteiger partial charge in [-0.15, -0.1) is 11.8 Å². The van der Waals surface area contributed by atoms with Gasteiger partial charge < -0.3 is 10.2 Å². The molecule has 4 nitrogen and oxygen atoms in total. The van der Waals surface area contributed by atoms with Crippen LogP contribution in [0, 0.1) is 0 Å². The number of rotatable bonds is 4. The van der Waals surface area contributed by atoms with Crippen molar-refractivity contribution in [3.8, 4) is 0 Å². The Hall–Kier alpha value is -2.01. The molecular formula is C18H21N3OS. The van der Waals surface area contributed by atoms with Crippen LogP contribution < -0.4 is 10.2 Å². The van der Waals surface area contributed by atoms with Crippen molar-refractivity contribution in [1.82, 2.24) is 4.98 Å². The quantitative estimate of drug-likeness (QED) is 0.861. The van der Waals surface area contributed by atoms with Crippen LogP contribution in [-0.4, -0.2) is 30.2 Å². The molecule has 0 saturated carbocycles. The highest BCUT2D eigenvalue weighted by atomic mass is 32.2. The van der Waals surface area contributed by atoms with E-state index in [1.165, 1.54) is 19.3 Å². The molecule has 0 aliphatic carbocycles. The molecule has 0 spiro atoms. The first-order valence-corrected chi connectivity index (χ1v) is 9.15. The van der Waals surface area contributed by atoms with Crippen LogP contribution in [0.4, 0.5) is 11.5 Å². The first-order chi connectivity index (χ1) is 11.3. The number of pyridine rings is 1. The van der Waals surface area contributed by atoms with Gasteiger partial charge in [-0.1, -0.05) is 6.07 Å². The molecule has 1 fully saturated rings. The molecule has 1 aromatic heterocycles. The van der Waals surface area contributed by atoms with E-state index in [4.69, 9.17) is 0 Å². The number of amides is 1. The lowest BCUT2D eigenvalue weighted by Gasteiger charge is -2.27. The second kappa shape index (κ2) is 7.51. The van der Waals surface area contributed by atoms with Gasteiger partial charge in [-0.25, -0.2) is 4.98 Å². The van der Waals surface area contributed by atoms with Crippen molar-refractivity contribution in [3.05, 3.63) is 48.2 Å². The van der Waals surface area contributed by atoms with Crippen LogP contribution in [0.25, 0.3) is 0 Å². The van der Waals surface area contributed by atoms with Crippen molar-refractivity contribution in [2.75, 3.05) is 29.6 Å². The third kappa shape index (κ3) is 4.05. The Morgan fingerprint density at radius 2 is 2.00 bits per heavy atom. The average Bonchev–Trinajstić information content (AvgIpc) is 2.63. The van der Waals surface area contributed by atoms with E-state index in [9.17, 15) is 4.79 Å². The van der Waals surface area contributed by atoms with Crippen molar-refractivity contribution in [1.29, 1.82) is 0 Å². The zero-order valence-electron chi connectivity index (χ0n) is 13.3. The molecule has 23 heavy (non-hydrogen) atoms. The van der Waals surface area contributed by atoms with Crippen LogP contribution in [0.5, 0.6) is 0 Å². The van der Waals surface area contributed by atoms with Crippen LogP contribution in [0.15, 0.2) is 47.5 Å². The Labute approximate surface area is 141 Å². The van der Waals surface area contributed by atoms with E-state index < -0.39 is 0 Å². The molecule has 0 radical (unpaired) electrons. The first kappa shape index (κ1) is 15.9. The fourth-order valence-corrected chi connectivity index (χ4v) is 3.22. The number of aromatic nitrogens is 1. The lowest BCUT2D eigenvalue weighted by atomic mass is 10.1. The summed E-state index contributed by atoms with van der Waals surface area (Å²) < 4.78 is 0. The van der Waals surface area contributed by atoms with Crippen molar-refractivity contribution < 1.29 is 4.79 Å². The smallest absolute Gasteiger partial charge is 0.255 e. The molecule has 120 valence electrons. The molecule has 2 aromatic rings. The van der Waals surface area contributed by atoms with Gasteiger partial charge in [0, 0.05) is 35.4 Å². The Balaban J connectivity index is 1.74. The minimum Gasteiger partial charge on any atom is -0.357 e. The number of benzene rings is 1. The number of carbonyl (C=O) groups excluding carboxylic acids is 1. The molecule has 2 heterocycles. The molecule has 1 N–H and O–H groups in total. The standard InChI is InChI=1S/C18H21N3OS/c1-23-16-7-5-6-15(13-16)20-18(22)14-8-9-19-17(12-14)21-10-3-2-4-11-21/h5-9,12-13H,2-4,10-11H2,1H3,(H,20,22). The van der Waals surface area contributed by atoms with E-state index in [-0.39, 0.29) is 5.91 Å². The summed E-state index contributed by atoms with van der Waals surface area (Å²) in [7, 11) is 0. The lowest BCUT2D eigenvalue weighted by Crippen LogP contribution is -2.30. The molecular weight excluding hydrogens is 306 g/mol. The zero-order valence-corrected chi connectivity index (χ0v) is 14.1. The van der Waals surface area contributed by atoms with Crippen LogP contribution in [0.1, 0.15) is 29.6 Å². The van der Waals surface area contributed by atoms with E-state index in [1.807, 2.05) is 36.6 Å². The van der Waals surface area contributed by atoms with Gasteiger partial charge in [0.25, 0.3) is 5.91 Å². The average molecular weight is 327 g/mol. The van der Waals surface area contributed by atoms with E-state index in [2.05, 4.69) is 15.2 Å². The van der Waals surface area contributed by atoms with Gasteiger partial charge in [0.15, 0.2) is 0 Å². The number of carbonyl (C=O) groups is 1. The molecule has 0 unspecified atom stereocenters. The maximum absolute atomic E-state index is 12.5. The second-order valence-corrected chi connectivity index (χ2v) is 6.52. The van der Waals surface area contributed by atoms with E-state index in [0.29, 0.717) is 5.56 Å². The van der Waals surface area contributed by atoms with Gasteiger partial charge in [-0.2, -0.15) is 0 Å². The Bertz CT molecular complexity index is 683. The Morgan fingerprint density at radius 1 is 1.17 bits per heavy atom. The van der Waals surface area contributed by atoms with Gasteiger partial charge in [-0.05, 0) is 55.9 Å². The number of anilines is 2. The van der Waals surface area contributed by atoms with Gasteiger partial charge in [0.1, 0.15) is 5.82 Å². The summed E-state index contributed by atoms with van der Waals surface area (Å²) in [6.07, 6.45) is 7.41. The number of nitrogens with zero attached hydrogens (tertiary/aromatic N) is 2. The summed E-state index contributed by atoms with van der Waals surface area (Å²) in [5.41, 5.74) is 1.47. The van der Waals surface area contributed by atoms with Crippen LogP contribution in [0.2, 0.25) is 0 Å². The Kier molecular flexibility index (Phi) is 5.18. The SMILES string of the molecule is CSc1cccc(NC(=O)c2ccnc(N3CCCCC3)c2)c1. The third-order valence-electron chi connectivity index (χ3n) is 4.02. The zero-order chi connectivity index (χ0) is 16.1. The normalized spacial score (nSPS) is 14.6. The molecule has 1 saturated heterocycles. The molecule has 1 aliphatic rings. The maximum atomic E-state index is 12.5. The number of hydrogen-bond donors (Lipinski definition) is 1. The van der Waals surface area contributed by atoms with Crippen molar-refractivity contribution in [3.63, 3.8) is 0 Å². The number of thioether (sulfide) groups is 1. The summed E-state index contributed by atoms with van der Waals surface area (Å²) in [4.78, 5) is 20.3. The fourth-order valence-electron chi connectivity index (χ4n) is 2.76. The van der Waals surface area contributed by atoms with E-state index in [1.54, 1.807) is 24.0 Å². The largest absolute Gasteiger partial charge is 0.357 e. The number of piperidine rings is 1. The number of nitrogens with one attached hydrogen (secondary N) is 1. The first-order valence-electron chi connectivity index (χ1n) is 7.93. The highest BCUT2D eigenvalue weighted by Crippen LogP contribution is 2.21. The van der Waals surface area contributed by atoms with Crippen LogP contribution in [-0.2, 0) is 0 Å². The highest BCUT2D eigenvalue weighted by Gasteiger charge is 2.14. The van der Waals surface area contributed by atoms with Gasteiger partial charge >= 0.3 is 0 Å². The summed E-state index contributed by atoms with van der Waals surface area (Å²) in [6, 6.07) is 11.5. The Morgan fingerprint density at radius 3 is 2.78 bits per heavy atom. The minimum absolute atomic E-state index is 0.0936. The van der Waals surface area contributed by atoms with Crippen molar-refractivity contribution >= 4 is 29.2 Å². The predicted octanol–water partition coefficient (Wildman–Crippen LogP) is 4.05. The molecule has 1 aromatic carbocycles. The molecule has 3 rings (SSSR count). The number of hydrogen-bond acceptors (Lipinski definition) is 4. The molecule has 0 atom stereocenters. The molecule has 1 aliphatic heterocycles. The van der Waals surface area contributed by atoms with Gasteiger partial charge in [0.05, 0.1) is 0 Å². The van der Waals surface area contributed by atoms with Crippen LogP contribution in [0.3, 0.4) is 0 Å². The summed E-state index contributed by atoms with van der Waals surface area (Å²) in [5.74, 6) is 0.805.